The van der Waals surface area contributed by atoms with E-state index in [1.165, 1.54) is 95.5 Å². The predicted octanol–water partition coefficient (Wildman–Crippen LogP) is 11.0. The van der Waals surface area contributed by atoms with Gasteiger partial charge in [-0.1, -0.05) is 151 Å². The molecule has 0 amide bonds. The topological polar surface area (TPSA) is 57.5 Å². The van der Waals surface area contributed by atoms with Crippen molar-refractivity contribution in [3.05, 3.63) is 28.3 Å². The molecule has 0 radical (unpaired) electrons. The molecule has 3 nitrogen and oxygen atoms in total. The van der Waals surface area contributed by atoms with Gasteiger partial charge in [0.1, 0.15) is 5.75 Å². The molecule has 0 aromatic heterocycles. The largest absolute Gasteiger partial charge is 0.507 e. The van der Waals surface area contributed by atoms with Crippen LogP contribution in [0.2, 0.25) is 0 Å². The van der Waals surface area contributed by atoms with E-state index in [1.54, 1.807) is 0 Å². The van der Waals surface area contributed by atoms with Crippen molar-refractivity contribution < 1.29 is 15.0 Å². The van der Waals surface area contributed by atoms with Crippen molar-refractivity contribution >= 4 is 5.97 Å². The average molecular weight is 531 g/mol. The highest BCUT2D eigenvalue weighted by Gasteiger charge is 2.32. The maximum atomic E-state index is 11.5. The Kier molecular flexibility index (Phi) is 15.7. The third-order valence-corrected chi connectivity index (χ3v) is 8.08. The summed E-state index contributed by atoms with van der Waals surface area (Å²) in [4.78, 5) is 11.5. The summed E-state index contributed by atoms with van der Waals surface area (Å²) in [7, 11) is 0. The third-order valence-electron chi connectivity index (χ3n) is 8.08. The summed E-state index contributed by atoms with van der Waals surface area (Å²) in [6, 6.07) is 2.10. The Morgan fingerprint density at radius 1 is 0.763 bits per heavy atom. The van der Waals surface area contributed by atoms with Gasteiger partial charge >= 0.3 is 5.97 Å². The molecule has 1 aromatic rings. The molecule has 1 atom stereocenters. The van der Waals surface area contributed by atoms with Gasteiger partial charge in [0, 0.05) is 12.0 Å². The maximum absolute atomic E-state index is 11.5. The van der Waals surface area contributed by atoms with Crippen LogP contribution in [0, 0.1) is 0 Å². The molecule has 0 spiro atoms. The van der Waals surface area contributed by atoms with Crippen molar-refractivity contribution in [1.82, 2.24) is 0 Å². The highest BCUT2D eigenvalue weighted by molar-refractivity contribution is 5.67. The molecule has 3 heteroatoms. The van der Waals surface area contributed by atoms with Gasteiger partial charge in [0.05, 0.1) is 0 Å². The van der Waals surface area contributed by atoms with Crippen molar-refractivity contribution in [2.75, 3.05) is 0 Å². The van der Waals surface area contributed by atoms with Gasteiger partial charge < -0.3 is 10.2 Å². The molecule has 0 aliphatic heterocycles. The Bertz CT molecular complexity index is 810. The standard InChI is InChI=1S/C35H62O3/c1-9-10-11-12-13-14-15-16-17-18-19-20-21-22-23-27(2)31-28(24-25-30(36)37)26-29(34(3,4)5)33(38)32(31)35(6,7)8/h26-27,38H,9-25H2,1-8H3,(H,36,37). The minimum atomic E-state index is -0.765. The first-order chi connectivity index (χ1) is 17.8. The minimum absolute atomic E-state index is 0.122. The van der Waals surface area contributed by atoms with Gasteiger partial charge in [0.2, 0.25) is 0 Å². The molecule has 0 aliphatic carbocycles. The highest BCUT2D eigenvalue weighted by atomic mass is 16.4. The Labute approximate surface area is 236 Å². The molecule has 1 aromatic carbocycles. The number of phenols is 1. The summed E-state index contributed by atoms with van der Waals surface area (Å²) in [5.74, 6) is -0.0598. The summed E-state index contributed by atoms with van der Waals surface area (Å²) in [5, 5.41) is 20.9. The van der Waals surface area contributed by atoms with E-state index < -0.39 is 5.97 Å². The number of aryl methyl sites for hydroxylation is 1. The number of hydrogen-bond donors (Lipinski definition) is 2. The van der Waals surface area contributed by atoms with E-state index in [9.17, 15) is 15.0 Å². The van der Waals surface area contributed by atoms with Crippen LogP contribution in [0.3, 0.4) is 0 Å². The number of aromatic hydroxyl groups is 1. The molecule has 0 bridgehead atoms. The summed E-state index contributed by atoms with van der Waals surface area (Å²) in [6.07, 6.45) is 20.7. The van der Waals surface area contributed by atoms with Gasteiger partial charge in [-0.2, -0.15) is 0 Å². The Morgan fingerprint density at radius 2 is 1.21 bits per heavy atom. The van der Waals surface area contributed by atoms with Crippen LogP contribution in [0.1, 0.15) is 186 Å². The van der Waals surface area contributed by atoms with E-state index in [-0.39, 0.29) is 17.3 Å². The number of rotatable bonds is 19. The van der Waals surface area contributed by atoms with Crippen molar-refractivity contribution in [3.63, 3.8) is 0 Å². The number of carbonyl (C=O) groups is 1. The molecule has 0 saturated heterocycles. The van der Waals surface area contributed by atoms with Crippen LogP contribution >= 0.6 is 0 Å². The van der Waals surface area contributed by atoms with Crippen molar-refractivity contribution in [1.29, 1.82) is 0 Å². The van der Waals surface area contributed by atoms with Gasteiger partial charge in [0.15, 0.2) is 0 Å². The van der Waals surface area contributed by atoms with Gasteiger partial charge in [-0.15, -0.1) is 0 Å². The molecule has 38 heavy (non-hydrogen) atoms. The fraction of sp³-hybridized carbons (Fsp3) is 0.800. The fourth-order valence-electron chi connectivity index (χ4n) is 5.87. The van der Waals surface area contributed by atoms with E-state index in [0.717, 1.165) is 23.1 Å². The van der Waals surface area contributed by atoms with E-state index in [1.807, 2.05) is 0 Å². The number of carboxylic acids is 1. The third kappa shape index (κ3) is 12.6. The monoisotopic (exact) mass is 530 g/mol. The first kappa shape index (κ1) is 34.5. The Hall–Kier alpha value is -1.51. The zero-order valence-corrected chi connectivity index (χ0v) is 26.5. The van der Waals surface area contributed by atoms with Crippen LogP contribution in [0.15, 0.2) is 6.07 Å². The maximum Gasteiger partial charge on any atom is 0.303 e. The van der Waals surface area contributed by atoms with Crippen LogP contribution in [0.5, 0.6) is 5.75 Å². The zero-order valence-electron chi connectivity index (χ0n) is 26.5. The van der Waals surface area contributed by atoms with Gasteiger partial charge in [-0.05, 0) is 46.3 Å². The van der Waals surface area contributed by atoms with Gasteiger partial charge in [0.25, 0.3) is 0 Å². The lowest BCUT2D eigenvalue weighted by molar-refractivity contribution is -0.136. The predicted molar refractivity (Wildman–Crippen MR) is 165 cm³/mol. The molecule has 1 rings (SSSR count). The molecule has 0 aliphatic rings. The second kappa shape index (κ2) is 17.2. The second-order valence-electron chi connectivity index (χ2n) is 13.9. The van der Waals surface area contributed by atoms with Crippen molar-refractivity contribution in [2.24, 2.45) is 0 Å². The quantitative estimate of drug-likeness (QED) is 0.175. The normalized spacial score (nSPS) is 13.2. The summed E-state index contributed by atoms with van der Waals surface area (Å²) in [6.45, 7) is 17.4. The Balaban J connectivity index is 2.69. The van der Waals surface area contributed by atoms with E-state index >= 15 is 0 Å². The van der Waals surface area contributed by atoms with Crippen molar-refractivity contribution in [2.45, 2.75) is 181 Å². The number of phenolic OH excluding ortho intramolecular Hbond substituents is 1. The smallest absolute Gasteiger partial charge is 0.303 e. The van der Waals surface area contributed by atoms with Crippen LogP contribution in [0.25, 0.3) is 0 Å². The van der Waals surface area contributed by atoms with Gasteiger partial charge in [-0.3, -0.25) is 4.79 Å². The number of aliphatic carboxylic acids is 1. The summed E-state index contributed by atoms with van der Waals surface area (Å²) < 4.78 is 0. The van der Waals surface area contributed by atoms with Crippen LogP contribution in [-0.4, -0.2) is 16.2 Å². The molecular weight excluding hydrogens is 468 g/mol. The highest BCUT2D eigenvalue weighted by Crippen LogP contribution is 2.46. The van der Waals surface area contributed by atoms with Crippen LogP contribution in [0.4, 0.5) is 0 Å². The fourth-order valence-corrected chi connectivity index (χ4v) is 5.87. The summed E-state index contributed by atoms with van der Waals surface area (Å²) in [5.41, 5.74) is 3.82. The lowest BCUT2D eigenvalue weighted by Crippen LogP contribution is -2.22. The van der Waals surface area contributed by atoms with Crippen molar-refractivity contribution in [3.8, 4) is 5.75 Å². The van der Waals surface area contributed by atoms with Gasteiger partial charge in [-0.25, -0.2) is 0 Å². The first-order valence-corrected chi connectivity index (χ1v) is 15.9. The van der Waals surface area contributed by atoms with Crippen LogP contribution in [-0.2, 0) is 22.0 Å². The number of carboxylic acid groups (broad SMARTS) is 1. The second-order valence-corrected chi connectivity index (χ2v) is 13.9. The number of hydrogen-bond acceptors (Lipinski definition) is 2. The molecule has 0 saturated carbocycles. The number of benzene rings is 1. The SMILES string of the molecule is CCCCCCCCCCCCCCCCC(C)c1c(CCC(=O)O)cc(C(C)(C)C)c(O)c1C(C)(C)C. The van der Waals surface area contributed by atoms with Crippen LogP contribution < -0.4 is 0 Å². The van der Waals surface area contributed by atoms with E-state index in [4.69, 9.17) is 0 Å². The molecule has 1 unspecified atom stereocenters. The Morgan fingerprint density at radius 3 is 1.61 bits per heavy atom. The zero-order chi connectivity index (χ0) is 28.8. The number of unbranched alkanes of at least 4 members (excludes halogenated alkanes) is 13. The molecule has 0 heterocycles. The minimum Gasteiger partial charge on any atom is -0.507 e. The molecular formula is C35H62O3. The molecule has 220 valence electrons. The summed E-state index contributed by atoms with van der Waals surface area (Å²) >= 11 is 0. The van der Waals surface area contributed by atoms with E-state index in [0.29, 0.717) is 18.1 Å². The lowest BCUT2D eigenvalue weighted by atomic mass is 9.72. The van der Waals surface area contributed by atoms with E-state index in [2.05, 4.69) is 61.5 Å². The first-order valence-electron chi connectivity index (χ1n) is 15.9. The molecule has 0 fully saturated rings. The molecule has 2 N–H and O–H groups in total. The average Bonchev–Trinajstić information content (AvgIpc) is 2.81. The lowest BCUT2D eigenvalue weighted by Gasteiger charge is -2.33.